The Bertz CT molecular complexity index is 865. The van der Waals surface area contributed by atoms with Gasteiger partial charge in [0.05, 0.1) is 21.6 Å². The van der Waals surface area contributed by atoms with Gasteiger partial charge in [-0.2, -0.15) is 0 Å². The van der Waals surface area contributed by atoms with Crippen LogP contribution in [0.4, 0.5) is 22.7 Å². The number of nitrogens with one attached hydrogen (secondary N) is 1. The second-order valence-electron chi connectivity index (χ2n) is 6.25. The van der Waals surface area contributed by atoms with Gasteiger partial charge in [0.15, 0.2) is 5.15 Å². The number of non-ortho nitro benzene ring substituents is 1. The lowest BCUT2D eigenvalue weighted by atomic mass is 9.85. The summed E-state index contributed by atoms with van der Waals surface area (Å²) in [7, 11) is 0. The van der Waals surface area contributed by atoms with Gasteiger partial charge in [-0.3, -0.25) is 20.2 Å². The van der Waals surface area contributed by atoms with Gasteiger partial charge in [-0.15, -0.1) is 0 Å². The summed E-state index contributed by atoms with van der Waals surface area (Å²) < 4.78 is 0. The Labute approximate surface area is 153 Å². The summed E-state index contributed by atoms with van der Waals surface area (Å²) in [6, 6.07) is 5.22. The summed E-state index contributed by atoms with van der Waals surface area (Å²) in [5.74, 6) is 0. The lowest BCUT2D eigenvalue weighted by Gasteiger charge is -2.23. The molecule has 0 atom stereocenters. The van der Waals surface area contributed by atoms with Crippen molar-refractivity contribution in [1.29, 1.82) is 0 Å². The Morgan fingerprint density at radius 3 is 2.20 bits per heavy atom. The van der Waals surface area contributed by atoms with Crippen molar-refractivity contribution in [3.63, 3.8) is 0 Å². The van der Waals surface area contributed by atoms with Crippen molar-refractivity contribution < 1.29 is 9.85 Å². The van der Waals surface area contributed by atoms with Crippen LogP contribution >= 0.6 is 23.2 Å². The zero-order valence-electron chi connectivity index (χ0n) is 13.5. The van der Waals surface area contributed by atoms with Crippen molar-refractivity contribution in [1.82, 2.24) is 4.98 Å². The van der Waals surface area contributed by atoms with Crippen molar-refractivity contribution in [2.75, 3.05) is 5.32 Å². The normalized spacial score (nSPS) is 11.2. The average molecular weight is 385 g/mol. The van der Waals surface area contributed by atoms with Crippen LogP contribution in [-0.2, 0) is 5.41 Å². The maximum absolute atomic E-state index is 11.5. The minimum absolute atomic E-state index is 0.0278. The smallest absolute Gasteiger partial charge is 0.299 e. The molecule has 0 saturated carbocycles. The zero-order valence-corrected chi connectivity index (χ0v) is 15.1. The first-order chi connectivity index (χ1) is 11.5. The fourth-order valence-corrected chi connectivity index (χ4v) is 2.62. The van der Waals surface area contributed by atoms with E-state index in [9.17, 15) is 20.2 Å². The van der Waals surface area contributed by atoms with Gasteiger partial charge in [0, 0.05) is 6.07 Å². The van der Waals surface area contributed by atoms with E-state index in [1.165, 1.54) is 18.2 Å². The van der Waals surface area contributed by atoms with Crippen LogP contribution in [0.1, 0.15) is 26.3 Å². The number of nitro groups is 2. The van der Waals surface area contributed by atoms with Crippen molar-refractivity contribution in [3.05, 3.63) is 60.4 Å². The average Bonchev–Trinajstić information content (AvgIpc) is 2.48. The topological polar surface area (TPSA) is 111 Å². The quantitative estimate of drug-likeness (QED) is 0.437. The lowest BCUT2D eigenvalue weighted by molar-refractivity contribution is -0.393. The Hall–Kier alpha value is -2.45. The number of pyridine rings is 1. The molecule has 10 heteroatoms. The van der Waals surface area contributed by atoms with Gasteiger partial charge in [0.25, 0.3) is 11.4 Å². The van der Waals surface area contributed by atoms with E-state index in [-0.39, 0.29) is 21.7 Å². The molecule has 0 amide bonds. The van der Waals surface area contributed by atoms with Gasteiger partial charge >= 0.3 is 0 Å². The van der Waals surface area contributed by atoms with E-state index in [1.54, 1.807) is 20.8 Å². The molecule has 8 nitrogen and oxygen atoms in total. The van der Waals surface area contributed by atoms with E-state index >= 15 is 0 Å². The van der Waals surface area contributed by atoms with Crippen molar-refractivity contribution in [2.45, 2.75) is 26.2 Å². The first kappa shape index (κ1) is 18.9. The second kappa shape index (κ2) is 6.81. The highest BCUT2D eigenvalue weighted by Crippen LogP contribution is 2.42. The summed E-state index contributed by atoms with van der Waals surface area (Å²) in [4.78, 5) is 25.1. The third kappa shape index (κ3) is 4.15. The van der Waals surface area contributed by atoms with E-state index in [0.717, 1.165) is 6.07 Å². The highest BCUT2D eigenvalue weighted by atomic mass is 35.5. The van der Waals surface area contributed by atoms with Crippen molar-refractivity contribution in [2.24, 2.45) is 0 Å². The fourth-order valence-electron chi connectivity index (χ4n) is 2.22. The maximum atomic E-state index is 11.5. The molecule has 2 rings (SSSR count). The van der Waals surface area contributed by atoms with Gasteiger partial charge in [0.1, 0.15) is 10.8 Å². The van der Waals surface area contributed by atoms with Gasteiger partial charge < -0.3 is 5.32 Å². The summed E-state index contributed by atoms with van der Waals surface area (Å²) in [6.45, 7) is 5.38. The van der Waals surface area contributed by atoms with E-state index in [0.29, 0.717) is 11.3 Å². The van der Waals surface area contributed by atoms with Crippen molar-refractivity contribution >= 4 is 46.0 Å². The summed E-state index contributed by atoms with van der Waals surface area (Å²) in [6.07, 6.45) is 0. The van der Waals surface area contributed by atoms with Crippen LogP contribution in [0.5, 0.6) is 0 Å². The zero-order chi connectivity index (χ0) is 18.9. The van der Waals surface area contributed by atoms with Crippen molar-refractivity contribution in [3.8, 4) is 0 Å². The number of aromatic nitrogens is 1. The molecule has 0 bridgehead atoms. The molecule has 0 aliphatic carbocycles. The molecule has 0 saturated heterocycles. The predicted octanol–water partition coefficient (Wildman–Crippen LogP) is 5.25. The van der Waals surface area contributed by atoms with Crippen LogP contribution in [-0.4, -0.2) is 14.8 Å². The molecule has 132 valence electrons. The molecule has 0 unspecified atom stereocenters. The lowest BCUT2D eigenvalue weighted by Crippen LogP contribution is -2.16. The molecular formula is C15H14Cl2N4O4. The molecule has 1 heterocycles. The van der Waals surface area contributed by atoms with Crippen LogP contribution in [0.3, 0.4) is 0 Å². The molecule has 25 heavy (non-hydrogen) atoms. The fraction of sp³-hybridized carbons (Fsp3) is 0.267. The van der Waals surface area contributed by atoms with Gasteiger partial charge in [0.2, 0.25) is 0 Å². The first-order valence-corrected chi connectivity index (χ1v) is 7.82. The Kier molecular flexibility index (Phi) is 5.15. The number of benzene rings is 1. The maximum Gasteiger partial charge on any atom is 0.299 e. The number of anilines is 2. The monoisotopic (exact) mass is 384 g/mol. The van der Waals surface area contributed by atoms with Crippen LogP contribution < -0.4 is 5.32 Å². The minimum Gasteiger partial charge on any atom is -0.347 e. The van der Waals surface area contributed by atoms with E-state index < -0.39 is 20.9 Å². The van der Waals surface area contributed by atoms with Crippen LogP contribution in [0.15, 0.2) is 24.3 Å². The van der Waals surface area contributed by atoms with Gasteiger partial charge in [-0.1, -0.05) is 44.0 Å². The molecule has 1 aromatic heterocycles. The third-order valence-electron chi connectivity index (χ3n) is 3.39. The standard InChI is InChI=1S/C15H14Cl2N4O4/c1-15(2,3)9-6-8(20(22)23)7-11(21(24)25)13(9)18-10-4-5-12(16)19-14(10)17/h4-7,18H,1-3H3. The molecule has 1 aromatic carbocycles. The number of hydrogen-bond acceptors (Lipinski definition) is 6. The summed E-state index contributed by atoms with van der Waals surface area (Å²) >= 11 is 11.8. The molecule has 0 radical (unpaired) electrons. The molecule has 0 fully saturated rings. The van der Waals surface area contributed by atoms with Gasteiger partial charge in [-0.25, -0.2) is 4.98 Å². The Morgan fingerprint density at radius 2 is 1.72 bits per heavy atom. The number of nitro benzene ring substituents is 2. The summed E-state index contributed by atoms with van der Waals surface area (Å²) in [5, 5.41) is 25.7. The molecule has 2 aromatic rings. The van der Waals surface area contributed by atoms with Gasteiger partial charge in [-0.05, 0) is 23.1 Å². The van der Waals surface area contributed by atoms with E-state index in [4.69, 9.17) is 23.2 Å². The molecular weight excluding hydrogens is 371 g/mol. The Morgan fingerprint density at radius 1 is 1.08 bits per heavy atom. The molecule has 0 aliphatic heterocycles. The summed E-state index contributed by atoms with van der Waals surface area (Å²) in [5.41, 5.74) is -0.569. The number of rotatable bonds is 4. The Balaban J connectivity index is 2.73. The third-order valence-corrected chi connectivity index (χ3v) is 3.89. The number of nitrogens with zero attached hydrogens (tertiary/aromatic N) is 3. The van der Waals surface area contributed by atoms with Crippen LogP contribution in [0.2, 0.25) is 10.3 Å². The predicted molar refractivity (Wildman–Crippen MR) is 96.0 cm³/mol. The molecule has 1 N–H and O–H groups in total. The first-order valence-electron chi connectivity index (χ1n) is 7.07. The minimum atomic E-state index is -0.679. The van der Waals surface area contributed by atoms with E-state index in [1.807, 2.05) is 0 Å². The second-order valence-corrected chi connectivity index (χ2v) is 6.99. The highest BCUT2D eigenvalue weighted by molar-refractivity contribution is 6.34. The molecule has 0 spiro atoms. The number of hydrogen-bond donors (Lipinski definition) is 1. The largest absolute Gasteiger partial charge is 0.347 e. The SMILES string of the molecule is CC(C)(C)c1cc([N+](=O)[O-])cc([N+](=O)[O-])c1Nc1ccc(Cl)nc1Cl. The highest BCUT2D eigenvalue weighted by Gasteiger charge is 2.30. The van der Waals surface area contributed by atoms with Crippen LogP contribution in [0, 0.1) is 20.2 Å². The molecule has 0 aliphatic rings. The van der Waals surface area contributed by atoms with Crippen LogP contribution in [0.25, 0.3) is 0 Å². The number of halogens is 2. The van der Waals surface area contributed by atoms with E-state index in [2.05, 4.69) is 10.3 Å².